The Morgan fingerprint density at radius 3 is 1.90 bits per heavy atom. The molecule has 0 aromatic heterocycles. The van der Waals surface area contributed by atoms with E-state index in [9.17, 15) is 0 Å². The minimum atomic E-state index is 0.641. The third-order valence-electron chi connectivity index (χ3n) is 7.31. The van der Waals surface area contributed by atoms with E-state index in [0.717, 1.165) is 35.5 Å². The van der Waals surface area contributed by atoms with Crippen LogP contribution in [-0.2, 0) is 0 Å². The van der Waals surface area contributed by atoms with Gasteiger partial charge in [0.2, 0.25) is 0 Å². The molecule has 0 spiro atoms. The maximum atomic E-state index is 2.55. The summed E-state index contributed by atoms with van der Waals surface area (Å²) >= 11 is 0. The van der Waals surface area contributed by atoms with Crippen molar-refractivity contribution in [1.29, 1.82) is 0 Å². The molecule has 0 bridgehead atoms. The van der Waals surface area contributed by atoms with E-state index in [1.807, 2.05) is 0 Å². The van der Waals surface area contributed by atoms with Crippen molar-refractivity contribution < 1.29 is 0 Å². The number of rotatable bonds is 4. The Morgan fingerprint density at radius 1 is 0.714 bits per heavy atom. The van der Waals surface area contributed by atoms with E-state index in [1.165, 1.54) is 51.4 Å². The molecule has 2 fully saturated rings. The van der Waals surface area contributed by atoms with Gasteiger partial charge in [-0.25, -0.2) is 0 Å². The normalized spacial score (nSPS) is 38.4. The Bertz CT molecular complexity index is 314. The summed E-state index contributed by atoms with van der Waals surface area (Å²) in [5.41, 5.74) is 0.641. The van der Waals surface area contributed by atoms with Crippen LogP contribution in [0.25, 0.3) is 0 Å². The minimum Gasteiger partial charge on any atom is -0.0625 e. The van der Waals surface area contributed by atoms with E-state index in [-0.39, 0.29) is 0 Å². The van der Waals surface area contributed by atoms with Crippen LogP contribution in [0.4, 0.5) is 0 Å². The summed E-state index contributed by atoms with van der Waals surface area (Å²) in [7, 11) is 0. The van der Waals surface area contributed by atoms with Crippen LogP contribution in [0.2, 0.25) is 0 Å². The fraction of sp³-hybridized carbons (Fsp3) is 1.00. The van der Waals surface area contributed by atoms with Crippen molar-refractivity contribution in [3.05, 3.63) is 0 Å². The standard InChI is InChI=1S/C21H40/c1-15(2)18-11-7-8-13-20(18)21(17(5)6)14-10-9-12-19(21)16(3)4/h15-20H,7-14H2,1-6H3. The summed E-state index contributed by atoms with van der Waals surface area (Å²) in [5.74, 6) is 5.55. The predicted molar refractivity (Wildman–Crippen MR) is 94.4 cm³/mol. The van der Waals surface area contributed by atoms with Gasteiger partial charge in [-0.15, -0.1) is 0 Å². The first-order chi connectivity index (χ1) is 9.91. The van der Waals surface area contributed by atoms with Crippen molar-refractivity contribution in [3.8, 4) is 0 Å². The zero-order valence-electron chi connectivity index (χ0n) is 15.6. The molecular weight excluding hydrogens is 252 g/mol. The van der Waals surface area contributed by atoms with Gasteiger partial charge >= 0.3 is 0 Å². The molecule has 0 radical (unpaired) electrons. The Labute approximate surface area is 134 Å². The largest absolute Gasteiger partial charge is 0.0625 e. The highest BCUT2D eigenvalue weighted by atomic mass is 14.6. The van der Waals surface area contributed by atoms with E-state index in [2.05, 4.69) is 41.5 Å². The number of hydrogen-bond donors (Lipinski definition) is 0. The molecule has 0 aromatic carbocycles. The van der Waals surface area contributed by atoms with Gasteiger partial charge < -0.3 is 0 Å². The summed E-state index contributed by atoms with van der Waals surface area (Å²) in [5, 5.41) is 0. The van der Waals surface area contributed by atoms with E-state index in [4.69, 9.17) is 0 Å². The molecule has 21 heavy (non-hydrogen) atoms. The van der Waals surface area contributed by atoms with Gasteiger partial charge in [0.05, 0.1) is 0 Å². The molecule has 2 rings (SSSR count). The summed E-state index contributed by atoms with van der Waals surface area (Å²) in [6, 6.07) is 0. The molecule has 4 unspecified atom stereocenters. The van der Waals surface area contributed by atoms with Crippen LogP contribution in [0.3, 0.4) is 0 Å². The molecule has 0 saturated heterocycles. The van der Waals surface area contributed by atoms with Crippen LogP contribution >= 0.6 is 0 Å². The molecule has 124 valence electrons. The monoisotopic (exact) mass is 292 g/mol. The molecule has 0 heterocycles. The lowest BCUT2D eigenvalue weighted by Gasteiger charge is -2.58. The van der Waals surface area contributed by atoms with E-state index < -0.39 is 0 Å². The van der Waals surface area contributed by atoms with Crippen molar-refractivity contribution in [1.82, 2.24) is 0 Å². The molecule has 0 heteroatoms. The Kier molecular flexibility index (Phi) is 5.83. The first kappa shape index (κ1) is 17.4. The van der Waals surface area contributed by atoms with E-state index in [1.54, 1.807) is 0 Å². The lowest BCUT2D eigenvalue weighted by molar-refractivity contribution is -0.0887. The molecule has 2 saturated carbocycles. The van der Waals surface area contributed by atoms with Gasteiger partial charge in [-0.1, -0.05) is 67.2 Å². The summed E-state index contributed by atoms with van der Waals surface area (Å²) in [6.45, 7) is 15.1. The second-order valence-electron chi connectivity index (χ2n) is 9.16. The predicted octanol–water partition coefficient (Wildman–Crippen LogP) is 6.94. The molecule has 4 atom stereocenters. The van der Waals surface area contributed by atoms with Crippen LogP contribution in [0.1, 0.15) is 92.9 Å². The average Bonchev–Trinajstić information content (AvgIpc) is 2.46. The first-order valence-electron chi connectivity index (χ1n) is 9.91. The van der Waals surface area contributed by atoms with Crippen LogP contribution in [0, 0.1) is 40.9 Å². The Morgan fingerprint density at radius 2 is 1.33 bits per heavy atom. The van der Waals surface area contributed by atoms with Gasteiger partial charge in [0.25, 0.3) is 0 Å². The molecule has 0 aliphatic heterocycles. The summed E-state index contributed by atoms with van der Waals surface area (Å²) < 4.78 is 0. The van der Waals surface area contributed by atoms with Crippen molar-refractivity contribution in [2.45, 2.75) is 92.9 Å². The zero-order valence-corrected chi connectivity index (χ0v) is 15.6. The molecule has 2 aliphatic rings. The molecule has 0 amide bonds. The molecule has 0 aromatic rings. The van der Waals surface area contributed by atoms with E-state index >= 15 is 0 Å². The maximum absolute atomic E-state index is 2.55. The fourth-order valence-corrected chi connectivity index (χ4v) is 6.43. The summed E-state index contributed by atoms with van der Waals surface area (Å²) in [4.78, 5) is 0. The van der Waals surface area contributed by atoms with Gasteiger partial charge in [-0.05, 0) is 66.6 Å². The second kappa shape index (κ2) is 7.05. The van der Waals surface area contributed by atoms with Gasteiger partial charge in [-0.2, -0.15) is 0 Å². The van der Waals surface area contributed by atoms with Gasteiger partial charge in [0.1, 0.15) is 0 Å². The Hall–Kier alpha value is 0. The molecular formula is C21H40. The van der Waals surface area contributed by atoms with Crippen molar-refractivity contribution >= 4 is 0 Å². The van der Waals surface area contributed by atoms with Crippen LogP contribution in [0.15, 0.2) is 0 Å². The lowest BCUT2D eigenvalue weighted by Crippen LogP contribution is -2.50. The first-order valence-corrected chi connectivity index (χ1v) is 9.91. The smallest absolute Gasteiger partial charge is 0.0213 e. The molecule has 0 nitrogen and oxygen atoms in total. The van der Waals surface area contributed by atoms with Crippen molar-refractivity contribution in [2.24, 2.45) is 40.9 Å². The summed E-state index contributed by atoms with van der Waals surface area (Å²) in [6.07, 6.45) is 12.0. The van der Waals surface area contributed by atoms with Crippen LogP contribution < -0.4 is 0 Å². The fourth-order valence-electron chi connectivity index (χ4n) is 6.43. The zero-order chi connectivity index (χ0) is 15.6. The highest BCUT2D eigenvalue weighted by Crippen LogP contribution is 2.60. The van der Waals surface area contributed by atoms with E-state index in [0.29, 0.717) is 5.41 Å². The average molecular weight is 293 g/mol. The highest BCUT2D eigenvalue weighted by Gasteiger charge is 2.52. The van der Waals surface area contributed by atoms with Crippen LogP contribution in [0.5, 0.6) is 0 Å². The highest BCUT2D eigenvalue weighted by molar-refractivity contribution is 5.01. The van der Waals surface area contributed by atoms with Crippen LogP contribution in [-0.4, -0.2) is 0 Å². The lowest BCUT2D eigenvalue weighted by atomic mass is 9.47. The third kappa shape index (κ3) is 3.20. The Balaban J connectivity index is 2.38. The van der Waals surface area contributed by atoms with Gasteiger partial charge in [-0.3, -0.25) is 0 Å². The third-order valence-corrected chi connectivity index (χ3v) is 7.31. The topological polar surface area (TPSA) is 0 Å². The molecule has 0 N–H and O–H groups in total. The van der Waals surface area contributed by atoms with Crippen molar-refractivity contribution in [3.63, 3.8) is 0 Å². The maximum Gasteiger partial charge on any atom is -0.0213 e. The minimum absolute atomic E-state index is 0.641. The van der Waals surface area contributed by atoms with Gasteiger partial charge in [0, 0.05) is 0 Å². The second-order valence-corrected chi connectivity index (χ2v) is 9.16. The number of hydrogen-bond acceptors (Lipinski definition) is 0. The molecule has 2 aliphatic carbocycles. The SMILES string of the molecule is CC(C)C1CCCCC1C1(C(C)C)CCCCC1C(C)C. The van der Waals surface area contributed by atoms with Crippen molar-refractivity contribution in [2.75, 3.05) is 0 Å². The quantitative estimate of drug-likeness (QED) is 0.526. The van der Waals surface area contributed by atoms with Gasteiger partial charge in [0.15, 0.2) is 0 Å².